The molecule has 9 heteroatoms. The van der Waals surface area contributed by atoms with E-state index in [0.717, 1.165) is 15.3 Å². The summed E-state index contributed by atoms with van der Waals surface area (Å²) in [5.41, 5.74) is 2.49. The van der Waals surface area contributed by atoms with Gasteiger partial charge in [0.05, 0.1) is 0 Å². The second kappa shape index (κ2) is 14.5. The Balaban J connectivity index is 1.35. The van der Waals surface area contributed by atoms with Crippen LogP contribution < -0.4 is 16.0 Å². The van der Waals surface area contributed by atoms with Gasteiger partial charge in [0, 0.05) is 31.7 Å². The number of thiophene rings is 1. The zero-order valence-corrected chi connectivity index (χ0v) is 25.1. The highest BCUT2D eigenvalue weighted by Crippen LogP contribution is 2.37. The van der Waals surface area contributed by atoms with Crippen molar-refractivity contribution in [1.29, 1.82) is 0 Å². The molecule has 3 amide bonds. The Kier molecular flexibility index (Phi) is 10.1. The van der Waals surface area contributed by atoms with Crippen LogP contribution in [0.3, 0.4) is 0 Å². The molecule has 5 aromatic rings. The summed E-state index contributed by atoms with van der Waals surface area (Å²) in [6.45, 7) is 0. The van der Waals surface area contributed by atoms with E-state index in [0.29, 0.717) is 22.0 Å². The number of hydrogen-bond acceptors (Lipinski definition) is 5. The van der Waals surface area contributed by atoms with E-state index in [9.17, 15) is 14.4 Å². The SMILES string of the molecule is O=C(Nc1cccc(SC(C(=O)Nc2cccc(Cl)c2)c2ccccc2)c1)/C(=C/c1cccs1)NC(=O)c1ccccc1. The summed E-state index contributed by atoms with van der Waals surface area (Å²) in [4.78, 5) is 41.4. The van der Waals surface area contributed by atoms with Gasteiger partial charge in [0.15, 0.2) is 0 Å². The van der Waals surface area contributed by atoms with Crippen molar-refractivity contribution in [3.8, 4) is 0 Å². The summed E-state index contributed by atoms with van der Waals surface area (Å²) in [6.07, 6.45) is 1.64. The van der Waals surface area contributed by atoms with Crippen LogP contribution in [0.15, 0.2) is 137 Å². The second-order valence-corrected chi connectivity index (χ2v) is 11.9. The maximum Gasteiger partial charge on any atom is 0.272 e. The van der Waals surface area contributed by atoms with E-state index in [1.807, 2.05) is 60.0 Å². The van der Waals surface area contributed by atoms with Crippen molar-refractivity contribution < 1.29 is 14.4 Å². The molecule has 3 N–H and O–H groups in total. The van der Waals surface area contributed by atoms with Gasteiger partial charge in [0.25, 0.3) is 11.8 Å². The molecule has 214 valence electrons. The lowest BCUT2D eigenvalue weighted by Gasteiger charge is -2.18. The maximum atomic E-state index is 13.5. The lowest BCUT2D eigenvalue weighted by atomic mass is 10.1. The molecule has 0 saturated heterocycles. The molecule has 0 aliphatic carbocycles. The number of thioether (sulfide) groups is 1. The number of halogens is 1. The summed E-state index contributed by atoms with van der Waals surface area (Å²) < 4.78 is 0. The first-order valence-electron chi connectivity index (χ1n) is 13.3. The minimum absolute atomic E-state index is 0.109. The molecule has 4 aromatic carbocycles. The predicted molar refractivity (Wildman–Crippen MR) is 176 cm³/mol. The van der Waals surface area contributed by atoms with Crippen LogP contribution in [0.2, 0.25) is 5.02 Å². The van der Waals surface area contributed by atoms with Crippen molar-refractivity contribution in [2.45, 2.75) is 10.1 Å². The number of hydrogen-bond donors (Lipinski definition) is 3. The number of amides is 3. The Morgan fingerprint density at radius 3 is 2.14 bits per heavy atom. The minimum Gasteiger partial charge on any atom is -0.325 e. The molecule has 0 fully saturated rings. The van der Waals surface area contributed by atoms with Crippen LogP contribution in [0.4, 0.5) is 11.4 Å². The fraction of sp³-hybridized carbons (Fsp3) is 0.0294. The Bertz CT molecular complexity index is 1740. The average molecular weight is 624 g/mol. The van der Waals surface area contributed by atoms with Crippen LogP contribution in [0, 0.1) is 0 Å². The van der Waals surface area contributed by atoms with Crippen molar-refractivity contribution in [3.63, 3.8) is 0 Å². The first-order chi connectivity index (χ1) is 20.9. The van der Waals surface area contributed by atoms with Gasteiger partial charge in [-0.3, -0.25) is 14.4 Å². The van der Waals surface area contributed by atoms with Crippen LogP contribution >= 0.6 is 34.7 Å². The molecule has 5 rings (SSSR count). The molecule has 0 spiro atoms. The van der Waals surface area contributed by atoms with Gasteiger partial charge in [-0.2, -0.15) is 0 Å². The lowest BCUT2D eigenvalue weighted by Crippen LogP contribution is -2.30. The Morgan fingerprint density at radius 1 is 0.744 bits per heavy atom. The number of carbonyl (C=O) groups excluding carboxylic acids is 3. The standard InChI is InChI=1S/C34H26ClN3O3S2/c35-25-14-7-15-26(20-25)37-34(41)31(23-10-3-1-4-11-23)43-29-17-8-16-27(21-29)36-33(40)30(22-28-18-9-19-42-28)38-32(39)24-12-5-2-6-13-24/h1-22,31H,(H,36,40)(H,37,41)(H,38,39)/b30-22-. The molecule has 1 atom stereocenters. The fourth-order valence-electron chi connectivity index (χ4n) is 4.11. The van der Waals surface area contributed by atoms with E-state index in [2.05, 4.69) is 16.0 Å². The van der Waals surface area contributed by atoms with Crippen molar-refractivity contribution in [2.24, 2.45) is 0 Å². The maximum absolute atomic E-state index is 13.5. The predicted octanol–water partition coefficient (Wildman–Crippen LogP) is 8.28. The minimum atomic E-state index is -0.578. The monoisotopic (exact) mass is 623 g/mol. The van der Waals surface area contributed by atoms with E-state index < -0.39 is 11.2 Å². The number of rotatable bonds is 10. The third kappa shape index (κ3) is 8.45. The van der Waals surface area contributed by atoms with Crippen LogP contribution in [0.1, 0.15) is 26.0 Å². The third-order valence-corrected chi connectivity index (χ3v) is 8.44. The number of nitrogens with one attached hydrogen (secondary N) is 3. The highest BCUT2D eigenvalue weighted by atomic mass is 35.5. The summed E-state index contributed by atoms with van der Waals surface area (Å²) in [7, 11) is 0. The van der Waals surface area contributed by atoms with E-state index in [-0.39, 0.29) is 17.5 Å². The van der Waals surface area contributed by atoms with Crippen molar-refractivity contribution >= 4 is 69.9 Å². The number of anilines is 2. The molecule has 6 nitrogen and oxygen atoms in total. The normalized spacial score (nSPS) is 11.8. The first-order valence-corrected chi connectivity index (χ1v) is 15.4. The molecule has 0 aliphatic rings. The van der Waals surface area contributed by atoms with Gasteiger partial charge in [-0.05, 0) is 71.6 Å². The van der Waals surface area contributed by atoms with Gasteiger partial charge >= 0.3 is 0 Å². The van der Waals surface area contributed by atoms with Crippen LogP contribution in [-0.2, 0) is 9.59 Å². The van der Waals surface area contributed by atoms with Crippen LogP contribution in [0.25, 0.3) is 6.08 Å². The first kappa shape index (κ1) is 29.8. The summed E-state index contributed by atoms with van der Waals surface area (Å²) in [5.74, 6) is -1.07. The molecule has 43 heavy (non-hydrogen) atoms. The van der Waals surface area contributed by atoms with Gasteiger partial charge in [-0.15, -0.1) is 23.1 Å². The van der Waals surface area contributed by atoms with E-state index in [4.69, 9.17) is 11.6 Å². The third-order valence-electron chi connectivity index (χ3n) is 6.14. The summed E-state index contributed by atoms with van der Waals surface area (Å²) in [5, 5.41) is 10.4. The zero-order valence-electron chi connectivity index (χ0n) is 22.7. The van der Waals surface area contributed by atoms with Gasteiger partial charge in [-0.1, -0.05) is 78.3 Å². The fourth-order valence-corrected chi connectivity index (χ4v) is 6.05. The van der Waals surface area contributed by atoms with Gasteiger partial charge < -0.3 is 16.0 Å². The molecule has 0 bridgehead atoms. The molecule has 0 saturated carbocycles. The molecule has 1 unspecified atom stereocenters. The number of carbonyl (C=O) groups is 3. The van der Waals surface area contributed by atoms with Gasteiger partial charge in [-0.25, -0.2) is 0 Å². The quantitative estimate of drug-likeness (QED) is 0.108. The largest absolute Gasteiger partial charge is 0.325 e. The highest BCUT2D eigenvalue weighted by Gasteiger charge is 2.23. The molecular weight excluding hydrogens is 598 g/mol. The Morgan fingerprint density at radius 2 is 1.44 bits per heavy atom. The smallest absolute Gasteiger partial charge is 0.272 e. The second-order valence-electron chi connectivity index (χ2n) is 9.28. The molecule has 1 aromatic heterocycles. The van der Waals surface area contributed by atoms with E-state index in [1.165, 1.54) is 23.1 Å². The molecule has 0 aliphatic heterocycles. The molecule has 1 heterocycles. The topological polar surface area (TPSA) is 87.3 Å². The van der Waals surface area contributed by atoms with Crippen molar-refractivity contribution in [2.75, 3.05) is 10.6 Å². The van der Waals surface area contributed by atoms with Crippen molar-refractivity contribution in [1.82, 2.24) is 5.32 Å². The molecular formula is C34H26ClN3O3S2. The summed E-state index contributed by atoms with van der Waals surface area (Å²) >= 11 is 8.93. The lowest BCUT2D eigenvalue weighted by molar-refractivity contribution is -0.116. The van der Waals surface area contributed by atoms with E-state index in [1.54, 1.807) is 72.8 Å². The van der Waals surface area contributed by atoms with Gasteiger partial charge in [0.1, 0.15) is 10.9 Å². The van der Waals surface area contributed by atoms with Crippen molar-refractivity contribution in [3.05, 3.63) is 153 Å². The molecule has 0 radical (unpaired) electrons. The van der Waals surface area contributed by atoms with E-state index >= 15 is 0 Å². The average Bonchev–Trinajstić information content (AvgIpc) is 3.54. The number of benzene rings is 4. The zero-order chi connectivity index (χ0) is 30.0. The summed E-state index contributed by atoms with van der Waals surface area (Å²) in [6, 6.07) is 36.2. The van der Waals surface area contributed by atoms with Gasteiger partial charge in [0.2, 0.25) is 5.91 Å². The Hall–Kier alpha value is -4.63. The van der Waals surface area contributed by atoms with Crippen LogP contribution in [0.5, 0.6) is 0 Å². The Labute approximate surface area is 262 Å². The van der Waals surface area contributed by atoms with Crippen LogP contribution in [-0.4, -0.2) is 17.7 Å². The highest BCUT2D eigenvalue weighted by molar-refractivity contribution is 8.00.